The highest BCUT2D eigenvalue weighted by Gasteiger charge is 2.44. The zero-order valence-corrected chi connectivity index (χ0v) is 14.9. The van der Waals surface area contributed by atoms with Gasteiger partial charge in [0.05, 0.1) is 12.5 Å². The lowest BCUT2D eigenvalue weighted by Gasteiger charge is -2.42. The SMILES string of the molecule is COc1cccc(CC2(C(=O)N[C@@H](C)C3CCCCC3)CNC2)c1. The van der Waals surface area contributed by atoms with Crippen molar-refractivity contribution in [1.82, 2.24) is 10.6 Å². The van der Waals surface area contributed by atoms with Crippen molar-refractivity contribution in [3.8, 4) is 5.75 Å². The molecule has 24 heavy (non-hydrogen) atoms. The summed E-state index contributed by atoms with van der Waals surface area (Å²) in [5.74, 6) is 1.71. The molecule has 4 heteroatoms. The molecule has 1 atom stereocenters. The molecule has 0 aromatic heterocycles. The molecular formula is C20H30N2O2. The Morgan fingerprint density at radius 1 is 1.33 bits per heavy atom. The van der Waals surface area contributed by atoms with Crippen molar-refractivity contribution >= 4 is 5.91 Å². The molecule has 0 spiro atoms. The van der Waals surface area contributed by atoms with E-state index in [1.807, 2.05) is 18.2 Å². The number of methoxy groups -OCH3 is 1. The Morgan fingerprint density at radius 2 is 2.08 bits per heavy atom. The average molecular weight is 330 g/mol. The van der Waals surface area contributed by atoms with Crippen molar-refractivity contribution < 1.29 is 9.53 Å². The molecule has 2 fully saturated rings. The van der Waals surface area contributed by atoms with E-state index in [2.05, 4.69) is 23.6 Å². The smallest absolute Gasteiger partial charge is 0.229 e. The Kier molecular flexibility index (Phi) is 5.44. The van der Waals surface area contributed by atoms with E-state index in [1.165, 1.54) is 32.1 Å². The summed E-state index contributed by atoms with van der Waals surface area (Å²) < 4.78 is 5.31. The minimum atomic E-state index is -0.310. The van der Waals surface area contributed by atoms with Gasteiger partial charge in [-0.3, -0.25) is 4.79 Å². The molecule has 1 saturated heterocycles. The van der Waals surface area contributed by atoms with Gasteiger partial charge in [-0.25, -0.2) is 0 Å². The molecule has 0 radical (unpaired) electrons. The lowest BCUT2D eigenvalue weighted by atomic mass is 9.74. The van der Waals surface area contributed by atoms with E-state index >= 15 is 0 Å². The molecule has 1 heterocycles. The molecule has 1 aromatic rings. The van der Waals surface area contributed by atoms with Crippen molar-refractivity contribution in [2.75, 3.05) is 20.2 Å². The molecule has 4 nitrogen and oxygen atoms in total. The predicted molar refractivity (Wildman–Crippen MR) is 96.2 cm³/mol. The molecule has 3 rings (SSSR count). The molecule has 0 unspecified atom stereocenters. The maximum Gasteiger partial charge on any atom is 0.229 e. The third kappa shape index (κ3) is 3.75. The Bertz CT molecular complexity index is 563. The minimum Gasteiger partial charge on any atom is -0.497 e. The molecule has 1 aliphatic carbocycles. The summed E-state index contributed by atoms with van der Waals surface area (Å²) in [4.78, 5) is 13.0. The fourth-order valence-corrected chi connectivity index (χ4v) is 4.08. The van der Waals surface area contributed by atoms with Crippen LogP contribution < -0.4 is 15.4 Å². The first-order chi connectivity index (χ1) is 11.6. The van der Waals surface area contributed by atoms with Crippen molar-refractivity contribution in [2.24, 2.45) is 11.3 Å². The Balaban J connectivity index is 1.64. The lowest BCUT2D eigenvalue weighted by Crippen LogP contribution is -2.63. The van der Waals surface area contributed by atoms with Crippen molar-refractivity contribution in [2.45, 2.75) is 51.5 Å². The zero-order valence-electron chi connectivity index (χ0n) is 14.9. The number of hydrogen-bond acceptors (Lipinski definition) is 3. The van der Waals surface area contributed by atoms with E-state index in [4.69, 9.17) is 4.74 Å². The van der Waals surface area contributed by atoms with Gasteiger partial charge in [-0.15, -0.1) is 0 Å². The Labute approximate surface area is 145 Å². The van der Waals surface area contributed by atoms with Gasteiger partial charge in [-0.05, 0) is 49.8 Å². The van der Waals surface area contributed by atoms with Gasteiger partial charge in [-0.1, -0.05) is 31.4 Å². The van der Waals surface area contributed by atoms with Crippen LogP contribution in [0.1, 0.15) is 44.6 Å². The molecule has 2 N–H and O–H groups in total. The summed E-state index contributed by atoms with van der Waals surface area (Å²) in [5, 5.41) is 6.62. The Morgan fingerprint density at radius 3 is 2.71 bits per heavy atom. The number of benzene rings is 1. The summed E-state index contributed by atoms with van der Waals surface area (Å²) in [7, 11) is 1.68. The van der Waals surface area contributed by atoms with Crippen LogP contribution in [0.4, 0.5) is 0 Å². The highest BCUT2D eigenvalue weighted by molar-refractivity contribution is 5.85. The number of amides is 1. The van der Waals surface area contributed by atoms with E-state index in [9.17, 15) is 4.79 Å². The van der Waals surface area contributed by atoms with Crippen LogP contribution in [0.5, 0.6) is 5.75 Å². The summed E-state index contributed by atoms with van der Waals surface area (Å²) in [5.41, 5.74) is 0.853. The van der Waals surface area contributed by atoms with Crippen LogP contribution >= 0.6 is 0 Å². The van der Waals surface area contributed by atoms with Crippen LogP contribution in [0.15, 0.2) is 24.3 Å². The van der Waals surface area contributed by atoms with E-state index in [1.54, 1.807) is 7.11 Å². The van der Waals surface area contributed by atoms with E-state index in [-0.39, 0.29) is 17.4 Å². The van der Waals surface area contributed by atoms with E-state index in [0.717, 1.165) is 30.8 Å². The highest BCUT2D eigenvalue weighted by Crippen LogP contribution is 2.31. The predicted octanol–water partition coefficient (Wildman–Crippen LogP) is 2.91. The molecule has 2 aliphatic rings. The summed E-state index contributed by atoms with van der Waals surface area (Å²) in [6.07, 6.45) is 7.23. The van der Waals surface area contributed by atoms with Crippen LogP contribution in [0.2, 0.25) is 0 Å². The number of hydrogen-bond donors (Lipinski definition) is 2. The monoisotopic (exact) mass is 330 g/mol. The molecule has 0 bridgehead atoms. The average Bonchev–Trinajstić information content (AvgIpc) is 2.59. The fraction of sp³-hybridized carbons (Fsp3) is 0.650. The maximum absolute atomic E-state index is 13.0. The van der Waals surface area contributed by atoms with Crippen molar-refractivity contribution in [3.05, 3.63) is 29.8 Å². The highest BCUT2D eigenvalue weighted by atomic mass is 16.5. The normalized spacial score (nSPS) is 21.6. The third-order valence-electron chi connectivity index (χ3n) is 5.80. The number of ether oxygens (including phenoxy) is 1. The lowest BCUT2D eigenvalue weighted by molar-refractivity contribution is -0.135. The second kappa shape index (κ2) is 7.56. The van der Waals surface area contributed by atoms with E-state index < -0.39 is 0 Å². The standard InChI is InChI=1S/C20H30N2O2/c1-15(17-8-4-3-5-9-17)22-19(23)20(13-21-14-20)12-16-7-6-10-18(11-16)24-2/h6-7,10-11,15,17,21H,3-5,8-9,12-14H2,1-2H3,(H,22,23)/t15-/m0/s1. The fourth-order valence-electron chi connectivity index (χ4n) is 4.08. The number of carbonyl (C=O) groups is 1. The van der Waals surface area contributed by atoms with Gasteiger partial charge in [0.1, 0.15) is 5.75 Å². The minimum absolute atomic E-state index is 0.210. The molecular weight excluding hydrogens is 300 g/mol. The summed E-state index contributed by atoms with van der Waals surface area (Å²) in [6, 6.07) is 8.34. The van der Waals surface area contributed by atoms with Gasteiger partial charge < -0.3 is 15.4 Å². The summed E-state index contributed by atoms with van der Waals surface area (Å²) >= 11 is 0. The first-order valence-electron chi connectivity index (χ1n) is 9.28. The Hall–Kier alpha value is -1.55. The first-order valence-corrected chi connectivity index (χ1v) is 9.28. The van der Waals surface area contributed by atoms with Gasteiger partial charge in [0, 0.05) is 19.1 Å². The van der Waals surface area contributed by atoms with Crippen LogP contribution in [0.3, 0.4) is 0 Å². The largest absolute Gasteiger partial charge is 0.497 e. The molecule has 1 aliphatic heterocycles. The van der Waals surface area contributed by atoms with Crippen LogP contribution in [-0.4, -0.2) is 32.1 Å². The van der Waals surface area contributed by atoms with Crippen LogP contribution in [0, 0.1) is 11.3 Å². The van der Waals surface area contributed by atoms with Crippen molar-refractivity contribution in [1.29, 1.82) is 0 Å². The summed E-state index contributed by atoms with van der Waals surface area (Å²) in [6.45, 7) is 3.69. The molecule has 132 valence electrons. The molecule has 1 aromatic carbocycles. The maximum atomic E-state index is 13.0. The van der Waals surface area contributed by atoms with Gasteiger partial charge >= 0.3 is 0 Å². The number of nitrogens with one attached hydrogen (secondary N) is 2. The van der Waals surface area contributed by atoms with Gasteiger partial charge in [0.2, 0.25) is 5.91 Å². The van der Waals surface area contributed by atoms with Gasteiger partial charge in [0.15, 0.2) is 0 Å². The van der Waals surface area contributed by atoms with Crippen LogP contribution in [0.25, 0.3) is 0 Å². The first kappa shape index (κ1) is 17.3. The third-order valence-corrected chi connectivity index (χ3v) is 5.80. The van der Waals surface area contributed by atoms with Gasteiger partial charge in [-0.2, -0.15) is 0 Å². The topological polar surface area (TPSA) is 50.4 Å². The quantitative estimate of drug-likeness (QED) is 0.843. The van der Waals surface area contributed by atoms with Crippen molar-refractivity contribution in [3.63, 3.8) is 0 Å². The van der Waals surface area contributed by atoms with Crippen LogP contribution in [-0.2, 0) is 11.2 Å². The second-order valence-electron chi connectivity index (χ2n) is 7.57. The van der Waals surface area contributed by atoms with Gasteiger partial charge in [0.25, 0.3) is 0 Å². The zero-order chi connectivity index (χ0) is 17.0. The number of carbonyl (C=O) groups excluding carboxylic acids is 1. The van der Waals surface area contributed by atoms with E-state index in [0.29, 0.717) is 5.92 Å². The second-order valence-corrected chi connectivity index (χ2v) is 7.57. The number of rotatable bonds is 6. The molecule has 1 saturated carbocycles. The molecule has 1 amide bonds.